The minimum Gasteiger partial charge on any atom is -0.388 e. The van der Waals surface area contributed by atoms with Crippen LogP contribution in [0.5, 0.6) is 0 Å². The number of hydrogen-bond acceptors (Lipinski definition) is 8. The highest BCUT2D eigenvalue weighted by Crippen LogP contribution is 2.59. The molecule has 1 aromatic carbocycles. The molecule has 0 bridgehead atoms. The lowest BCUT2D eigenvalue weighted by atomic mass is 9.58. The fourth-order valence-corrected chi connectivity index (χ4v) is 10.2. The first kappa shape index (κ1) is 27.4. The van der Waals surface area contributed by atoms with Gasteiger partial charge >= 0.3 is 7.60 Å². The Morgan fingerprint density at radius 1 is 1.10 bits per heavy atom. The predicted octanol–water partition coefficient (Wildman–Crippen LogP) is 2.66. The number of hydrogen-bond donors (Lipinski definition) is 5. The summed E-state index contributed by atoms with van der Waals surface area (Å²) in [4.78, 5) is 41.4. The molecule has 5 N–H and O–H groups in total. The summed E-state index contributed by atoms with van der Waals surface area (Å²) in [6, 6.07) is 8.54. The van der Waals surface area contributed by atoms with Crippen molar-refractivity contribution in [2.24, 2.45) is 0 Å². The number of aliphatic hydroxyl groups excluding tert-OH is 2. The molecule has 1 aliphatic heterocycles. The first-order chi connectivity index (χ1) is 18.4. The molecule has 0 radical (unpaired) electrons. The van der Waals surface area contributed by atoms with Gasteiger partial charge in [0.15, 0.2) is 11.9 Å². The Bertz CT molecular complexity index is 1520. The van der Waals surface area contributed by atoms with Crippen molar-refractivity contribution in [3.05, 3.63) is 52.7 Å². The summed E-state index contributed by atoms with van der Waals surface area (Å²) < 4.78 is 30.7. The average molecular weight is 599 g/mol. The Kier molecular flexibility index (Phi) is 6.82. The van der Waals surface area contributed by atoms with Crippen molar-refractivity contribution in [3.63, 3.8) is 0 Å². The molecule has 15 heteroatoms. The minimum absolute atomic E-state index is 0.0234. The van der Waals surface area contributed by atoms with Crippen LogP contribution in [0.1, 0.15) is 54.6 Å². The van der Waals surface area contributed by atoms with E-state index in [0.29, 0.717) is 11.2 Å². The van der Waals surface area contributed by atoms with E-state index in [1.165, 1.54) is 22.0 Å². The Balaban J connectivity index is 1.22. The van der Waals surface area contributed by atoms with Crippen molar-refractivity contribution >= 4 is 37.7 Å². The van der Waals surface area contributed by atoms with Gasteiger partial charge < -0.3 is 29.6 Å². The molecule has 210 valence electrons. The summed E-state index contributed by atoms with van der Waals surface area (Å²) in [7, 11) is -8.88. The van der Waals surface area contributed by atoms with E-state index in [-0.39, 0.29) is 23.0 Å². The van der Waals surface area contributed by atoms with Gasteiger partial charge in [-0.3, -0.25) is 13.7 Å². The molecule has 2 fully saturated rings. The quantitative estimate of drug-likeness (QED) is 0.199. The van der Waals surface area contributed by atoms with Crippen LogP contribution in [0, 0.1) is 0 Å². The van der Waals surface area contributed by atoms with E-state index in [9.17, 15) is 24.2 Å². The summed E-state index contributed by atoms with van der Waals surface area (Å²) >= 11 is 6.32. The fraction of sp³-hybridized carbons (Fsp3) is 0.542. The van der Waals surface area contributed by atoms with Gasteiger partial charge in [-0.1, -0.05) is 24.3 Å². The van der Waals surface area contributed by atoms with E-state index in [1.54, 1.807) is 0 Å². The molecule has 1 saturated heterocycles. The molecule has 1 spiro atoms. The fourth-order valence-electron chi connectivity index (χ4n) is 6.53. The zero-order chi connectivity index (χ0) is 27.7. The molecule has 2 aromatic heterocycles. The SMILES string of the molecule is O=P(O)(O)CP(=O)(O)CC[C@H]1O[C@@H](n2cnc3c(C4CC5(CCc6ccccc65)C4)nc(Cl)nc32)C(O)[C@H]1O. The highest BCUT2D eigenvalue weighted by atomic mass is 35.5. The van der Waals surface area contributed by atoms with Crippen LogP contribution in [0.4, 0.5) is 0 Å². The first-order valence-corrected chi connectivity index (χ1v) is 16.9. The van der Waals surface area contributed by atoms with Crippen LogP contribution >= 0.6 is 26.6 Å². The van der Waals surface area contributed by atoms with Gasteiger partial charge in [-0.25, -0.2) is 9.97 Å². The van der Waals surface area contributed by atoms with Crippen molar-refractivity contribution in [1.82, 2.24) is 19.5 Å². The standard InChI is InChI=1S/C24H29ClN4O8P2/c25-23-27-17(14-9-24(10-14)7-5-13-3-1-2-4-15(13)24)18-21(28-23)29(11-26-18)22-20(31)19(30)16(37-22)6-8-38(32,33)12-39(34,35)36/h1-4,11,14,16,19-20,22,30-31H,5-10,12H2,(H,32,33)(H2,34,35,36)/t14?,16-,19+,20?,22-,24?/m1/s1. The number of aliphatic hydroxyl groups is 2. The van der Waals surface area contributed by atoms with Crippen LogP contribution < -0.4 is 0 Å². The summed E-state index contributed by atoms with van der Waals surface area (Å²) in [5.41, 5.74) is 4.51. The molecular weight excluding hydrogens is 570 g/mol. The predicted molar refractivity (Wildman–Crippen MR) is 141 cm³/mol. The zero-order valence-corrected chi connectivity index (χ0v) is 23.3. The van der Waals surface area contributed by atoms with Gasteiger partial charge in [-0.2, -0.15) is 4.98 Å². The number of fused-ring (bicyclic) bond motifs is 3. The number of imidazole rings is 1. The lowest BCUT2D eigenvalue weighted by Gasteiger charge is -2.46. The third-order valence-corrected chi connectivity index (χ3v) is 12.7. The van der Waals surface area contributed by atoms with E-state index in [2.05, 4.69) is 39.2 Å². The maximum Gasteiger partial charge on any atom is 0.335 e. The van der Waals surface area contributed by atoms with Crippen LogP contribution in [-0.4, -0.2) is 74.8 Å². The highest BCUT2D eigenvalue weighted by Gasteiger charge is 2.51. The number of ether oxygens (including phenoxy) is 1. The van der Waals surface area contributed by atoms with E-state index in [0.717, 1.165) is 31.4 Å². The monoisotopic (exact) mass is 598 g/mol. The molecule has 5 atom stereocenters. The molecular formula is C24H29ClN4O8P2. The second-order valence-electron chi connectivity index (χ2n) is 11.0. The van der Waals surface area contributed by atoms with Gasteiger partial charge in [0.2, 0.25) is 12.7 Å². The molecule has 2 unspecified atom stereocenters. The van der Waals surface area contributed by atoms with Crippen LogP contribution in [0.15, 0.2) is 30.6 Å². The summed E-state index contributed by atoms with van der Waals surface area (Å²) in [5, 5.41) is 21.4. The third-order valence-electron chi connectivity index (χ3n) is 8.32. The molecule has 3 aromatic rings. The molecule has 39 heavy (non-hydrogen) atoms. The van der Waals surface area contributed by atoms with Gasteiger partial charge in [0.25, 0.3) is 0 Å². The Morgan fingerprint density at radius 2 is 1.85 bits per heavy atom. The Morgan fingerprint density at radius 3 is 2.59 bits per heavy atom. The van der Waals surface area contributed by atoms with Crippen molar-refractivity contribution < 1.29 is 38.8 Å². The Labute approximate surface area is 228 Å². The summed E-state index contributed by atoms with van der Waals surface area (Å²) in [6.07, 6.45) is -0.244. The summed E-state index contributed by atoms with van der Waals surface area (Å²) in [5.74, 6) is -1.03. The van der Waals surface area contributed by atoms with Crippen LogP contribution in [0.2, 0.25) is 5.28 Å². The molecule has 3 aliphatic rings. The third kappa shape index (κ3) is 5.01. The Hall–Kier alpha value is -1.72. The van der Waals surface area contributed by atoms with Crippen molar-refractivity contribution in [2.45, 2.75) is 68.0 Å². The normalized spacial score (nSPS) is 31.9. The van der Waals surface area contributed by atoms with Crippen molar-refractivity contribution in [1.29, 1.82) is 0 Å². The smallest absolute Gasteiger partial charge is 0.335 e. The van der Waals surface area contributed by atoms with Gasteiger partial charge in [0.1, 0.15) is 23.6 Å². The van der Waals surface area contributed by atoms with E-state index >= 15 is 0 Å². The molecule has 3 heterocycles. The molecule has 0 amide bonds. The number of halogens is 1. The number of nitrogens with zero attached hydrogens (tertiary/aromatic N) is 4. The maximum absolute atomic E-state index is 12.2. The first-order valence-electron chi connectivity index (χ1n) is 12.7. The van der Waals surface area contributed by atoms with Gasteiger partial charge in [-0.05, 0) is 60.2 Å². The topological polar surface area (TPSA) is 188 Å². The van der Waals surface area contributed by atoms with Crippen LogP contribution in [-0.2, 0) is 25.7 Å². The number of aryl methyl sites for hydroxylation is 1. The molecule has 12 nitrogen and oxygen atoms in total. The van der Waals surface area contributed by atoms with Crippen LogP contribution in [0.25, 0.3) is 11.2 Å². The maximum atomic E-state index is 12.2. The van der Waals surface area contributed by atoms with E-state index < -0.39 is 51.6 Å². The van der Waals surface area contributed by atoms with Crippen molar-refractivity contribution in [3.8, 4) is 0 Å². The lowest BCUT2D eigenvalue weighted by Crippen LogP contribution is -2.38. The van der Waals surface area contributed by atoms with Gasteiger partial charge in [0, 0.05) is 12.1 Å². The number of benzene rings is 1. The second-order valence-corrected chi connectivity index (χ2v) is 15.9. The number of aromatic nitrogens is 4. The lowest BCUT2D eigenvalue weighted by molar-refractivity contribution is -0.0354. The summed E-state index contributed by atoms with van der Waals surface area (Å²) in [6.45, 7) is 0. The molecule has 2 aliphatic carbocycles. The molecule has 6 rings (SSSR count). The number of rotatable bonds is 7. The minimum atomic E-state index is -4.70. The second kappa shape index (κ2) is 9.69. The average Bonchev–Trinajstić information content (AvgIpc) is 3.50. The van der Waals surface area contributed by atoms with Gasteiger partial charge in [0.05, 0.1) is 18.1 Å². The van der Waals surface area contributed by atoms with E-state index in [1.807, 2.05) is 0 Å². The zero-order valence-electron chi connectivity index (χ0n) is 20.7. The van der Waals surface area contributed by atoms with Crippen LogP contribution in [0.3, 0.4) is 0 Å². The largest absolute Gasteiger partial charge is 0.388 e. The van der Waals surface area contributed by atoms with Crippen molar-refractivity contribution in [2.75, 3.05) is 12.1 Å². The van der Waals surface area contributed by atoms with E-state index in [4.69, 9.17) is 26.1 Å². The van der Waals surface area contributed by atoms with Gasteiger partial charge in [-0.15, -0.1) is 0 Å². The molecule has 1 saturated carbocycles. The highest BCUT2D eigenvalue weighted by molar-refractivity contribution is 7.72.